The smallest absolute Gasteiger partial charge is 0.0902 e. The van der Waals surface area contributed by atoms with Crippen molar-refractivity contribution >= 4 is 0 Å². The first-order valence-electron chi connectivity index (χ1n) is 9.10. The SMILES string of the molecule is Cc1ccc(CC(C#N)(Cc2ccc(C)cc2)c2ccc(C)cc2)cc1. The van der Waals surface area contributed by atoms with E-state index in [1.165, 1.54) is 27.8 Å². The molecule has 0 unspecified atom stereocenters. The van der Waals surface area contributed by atoms with Crippen molar-refractivity contribution in [1.82, 2.24) is 0 Å². The molecule has 0 aromatic heterocycles. The van der Waals surface area contributed by atoms with Crippen molar-refractivity contribution in [2.75, 3.05) is 0 Å². The molecular weight excluding hydrogens is 314 g/mol. The number of aryl methyl sites for hydroxylation is 3. The standard InChI is InChI=1S/C25H25N/c1-19-4-10-22(11-5-19)16-25(18-26,24-14-8-21(3)9-15-24)17-23-12-6-20(2)7-13-23/h4-15H,16-17H2,1-3H3. The van der Waals surface area contributed by atoms with Crippen molar-refractivity contribution in [1.29, 1.82) is 5.26 Å². The molecule has 0 aliphatic carbocycles. The predicted molar refractivity (Wildman–Crippen MR) is 108 cm³/mol. The van der Waals surface area contributed by atoms with Gasteiger partial charge in [-0.25, -0.2) is 0 Å². The Bertz CT molecular complexity index is 847. The highest BCUT2D eigenvalue weighted by Crippen LogP contribution is 2.32. The molecule has 1 nitrogen and oxygen atoms in total. The number of nitrogens with zero attached hydrogens (tertiary/aromatic N) is 1. The van der Waals surface area contributed by atoms with E-state index in [0.29, 0.717) is 12.8 Å². The highest BCUT2D eigenvalue weighted by molar-refractivity contribution is 5.40. The van der Waals surface area contributed by atoms with E-state index in [2.05, 4.69) is 99.6 Å². The molecule has 0 saturated heterocycles. The Balaban J connectivity index is 2.03. The lowest BCUT2D eigenvalue weighted by atomic mass is 9.72. The topological polar surface area (TPSA) is 23.8 Å². The van der Waals surface area contributed by atoms with Crippen LogP contribution >= 0.6 is 0 Å². The van der Waals surface area contributed by atoms with Gasteiger partial charge in [0.1, 0.15) is 0 Å². The van der Waals surface area contributed by atoms with Crippen LogP contribution in [0.3, 0.4) is 0 Å². The number of hydrogen-bond acceptors (Lipinski definition) is 1. The van der Waals surface area contributed by atoms with Crippen molar-refractivity contribution < 1.29 is 0 Å². The van der Waals surface area contributed by atoms with E-state index in [4.69, 9.17) is 0 Å². The zero-order valence-corrected chi connectivity index (χ0v) is 15.8. The van der Waals surface area contributed by atoms with Crippen LogP contribution in [0.2, 0.25) is 0 Å². The fourth-order valence-electron chi connectivity index (χ4n) is 3.39. The summed E-state index contributed by atoms with van der Waals surface area (Å²) in [4.78, 5) is 0. The molecule has 0 fully saturated rings. The van der Waals surface area contributed by atoms with Crippen LogP contribution in [0.4, 0.5) is 0 Å². The van der Waals surface area contributed by atoms with E-state index >= 15 is 0 Å². The van der Waals surface area contributed by atoms with Crippen LogP contribution < -0.4 is 0 Å². The second-order valence-electron chi connectivity index (χ2n) is 7.38. The molecule has 1 heteroatoms. The summed E-state index contributed by atoms with van der Waals surface area (Å²) in [7, 11) is 0. The van der Waals surface area contributed by atoms with Gasteiger partial charge < -0.3 is 0 Å². The summed E-state index contributed by atoms with van der Waals surface area (Å²) in [5.74, 6) is 0. The van der Waals surface area contributed by atoms with E-state index in [1.54, 1.807) is 0 Å². The summed E-state index contributed by atoms with van der Waals surface area (Å²) >= 11 is 0. The molecule has 3 rings (SSSR count). The van der Waals surface area contributed by atoms with Gasteiger partial charge in [0.2, 0.25) is 0 Å². The lowest BCUT2D eigenvalue weighted by Crippen LogP contribution is -2.30. The lowest BCUT2D eigenvalue weighted by Gasteiger charge is -2.28. The third-order valence-corrected chi connectivity index (χ3v) is 5.07. The molecule has 0 N–H and O–H groups in total. The van der Waals surface area contributed by atoms with Gasteiger partial charge in [0.15, 0.2) is 0 Å². The van der Waals surface area contributed by atoms with Crippen molar-refractivity contribution in [3.05, 3.63) is 106 Å². The Morgan fingerprint density at radius 2 is 0.962 bits per heavy atom. The Labute approximate surface area is 156 Å². The van der Waals surface area contributed by atoms with Gasteiger partial charge in [-0.1, -0.05) is 89.5 Å². The first-order chi connectivity index (χ1) is 12.5. The molecule has 0 radical (unpaired) electrons. The summed E-state index contributed by atoms with van der Waals surface area (Å²) < 4.78 is 0. The molecule has 0 aliphatic heterocycles. The Morgan fingerprint density at radius 1 is 0.615 bits per heavy atom. The summed E-state index contributed by atoms with van der Waals surface area (Å²) in [6, 6.07) is 28.2. The van der Waals surface area contributed by atoms with Gasteiger partial charge in [0, 0.05) is 0 Å². The lowest BCUT2D eigenvalue weighted by molar-refractivity contribution is 0.541. The van der Waals surface area contributed by atoms with Crippen LogP contribution in [0.15, 0.2) is 72.8 Å². The Kier molecular flexibility index (Phi) is 5.24. The predicted octanol–water partition coefficient (Wildman–Crippen LogP) is 5.86. The Hall–Kier alpha value is -2.85. The zero-order chi connectivity index (χ0) is 18.6. The molecule has 3 aromatic carbocycles. The van der Waals surface area contributed by atoms with E-state index in [-0.39, 0.29) is 0 Å². The highest BCUT2D eigenvalue weighted by Gasteiger charge is 2.33. The third kappa shape index (κ3) is 4.03. The van der Waals surface area contributed by atoms with Crippen molar-refractivity contribution in [2.24, 2.45) is 0 Å². The third-order valence-electron chi connectivity index (χ3n) is 5.07. The molecule has 26 heavy (non-hydrogen) atoms. The van der Waals surface area contributed by atoms with Crippen LogP contribution in [0.5, 0.6) is 0 Å². The number of hydrogen-bond donors (Lipinski definition) is 0. The van der Waals surface area contributed by atoms with Crippen molar-refractivity contribution in [3.8, 4) is 6.07 Å². The van der Waals surface area contributed by atoms with Gasteiger partial charge in [0.25, 0.3) is 0 Å². The minimum Gasteiger partial charge on any atom is -0.197 e. The van der Waals surface area contributed by atoms with Crippen molar-refractivity contribution in [3.63, 3.8) is 0 Å². The maximum absolute atomic E-state index is 10.3. The number of nitriles is 1. The van der Waals surface area contributed by atoms with E-state index in [0.717, 1.165) is 5.56 Å². The van der Waals surface area contributed by atoms with Crippen LogP contribution in [0.1, 0.15) is 33.4 Å². The van der Waals surface area contributed by atoms with Crippen LogP contribution in [0.25, 0.3) is 0 Å². The molecule has 0 amide bonds. The quantitative estimate of drug-likeness (QED) is 0.571. The highest BCUT2D eigenvalue weighted by atomic mass is 14.4. The summed E-state index contributed by atoms with van der Waals surface area (Å²) in [5, 5.41) is 10.3. The average molecular weight is 339 g/mol. The maximum Gasteiger partial charge on any atom is 0.0902 e. The van der Waals surface area contributed by atoms with Crippen molar-refractivity contribution in [2.45, 2.75) is 39.0 Å². The van der Waals surface area contributed by atoms with Gasteiger partial charge in [-0.05, 0) is 50.3 Å². The van der Waals surface area contributed by atoms with Crippen LogP contribution in [-0.2, 0) is 18.3 Å². The molecular formula is C25H25N. The van der Waals surface area contributed by atoms with Gasteiger partial charge in [0.05, 0.1) is 11.5 Å². The zero-order valence-electron chi connectivity index (χ0n) is 15.8. The Morgan fingerprint density at radius 3 is 1.31 bits per heavy atom. The molecule has 0 saturated carbocycles. The number of rotatable bonds is 5. The fourth-order valence-corrected chi connectivity index (χ4v) is 3.39. The minimum absolute atomic E-state index is 0.571. The molecule has 0 atom stereocenters. The normalized spacial score (nSPS) is 11.2. The summed E-state index contributed by atoms with van der Waals surface area (Å²) in [5.41, 5.74) is 6.61. The van der Waals surface area contributed by atoms with Gasteiger partial charge in [-0.2, -0.15) is 5.26 Å². The first kappa shape index (κ1) is 18.0. The molecule has 0 heterocycles. The van der Waals surface area contributed by atoms with Crippen LogP contribution in [0, 0.1) is 32.1 Å². The number of benzene rings is 3. The van der Waals surface area contributed by atoms with Gasteiger partial charge in [-0.3, -0.25) is 0 Å². The van der Waals surface area contributed by atoms with E-state index < -0.39 is 5.41 Å². The monoisotopic (exact) mass is 339 g/mol. The second kappa shape index (κ2) is 7.58. The molecule has 130 valence electrons. The minimum atomic E-state index is -0.571. The molecule has 0 spiro atoms. The van der Waals surface area contributed by atoms with Crippen LogP contribution in [-0.4, -0.2) is 0 Å². The maximum atomic E-state index is 10.3. The van der Waals surface area contributed by atoms with E-state index in [9.17, 15) is 5.26 Å². The molecule has 3 aromatic rings. The van der Waals surface area contributed by atoms with Gasteiger partial charge in [-0.15, -0.1) is 0 Å². The molecule has 0 aliphatic rings. The first-order valence-corrected chi connectivity index (χ1v) is 9.10. The van der Waals surface area contributed by atoms with Gasteiger partial charge >= 0.3 is 0 Å². The summed E-state index contributed by atoms with van der Waals surface area (Å²) in [6.07, 6.45) is 1.42. The molecule has 0 bridgehead atoms. The second-order valence-corrected chi connectivity index (χ2v) is 7.38. The largest absolute Gasteiger partial charge is 0.197 e. The van der Waals surface area contributed by atoms with E-state index in [1.807, 2.05) is 0 Å². The summed E-state index contributed by atoms with van der Waals surface area (Å²) in [6.45, 7) is 6.26. The fraction of sp³-hybridized carbons (Fsp3) is 0.240. The average Bonchev–Trinajstić information content (AvgIpc) is 2.65.